The van der Waals surface area contributed by atoms with Gasteiger partial charge in [-0.3, -0.25) is 11.3 Å². The van der Waals surface area contributed by atoms with Crippen LogP contribution in [0, 0.1) is 5.92 Å². The van der Waals surface area contributed by atoms with Gasteiger partial charge in [0.05, 0.1) is 12.6 Å². The summed E-state index contributed by atoms with van der Waals surface area (Å²) in [7, 11) is 4.09. The third-order valence-electron chi connectivity index (χ3n) is 3.62. The minimum Gasteiger partial charge on any atom is -0.381 e. The zero-order valence-electron chi connectivity index (χ0n) is 11.2. The van der Waals surface area contributed by atoms with Crippen LogP contribution in [0.5, 0.6) is 0 Å². The first-order valence-electron chi connectivity index (χ1n) is 6.53. The van der Waals surface area contributed by atoms with Crippen molar-refractivity contribution in [1.82, 2.24) is 5.43 Å². The lowest BCUT2D eigenvalue weighted by Crippen LogP contribution is -2.37. The van der Waals surface area contributed by atoms with E-state index in [-0.39, 0.29) is 6.04 Å². The first-order chi connectivity index (χ1) is 8.72. The molecule has 1 saturated heterocycles. The van der Waals surface area contributed by atoms with E-state index in [9.17, 15) is 0 Å². The Hall–Kier alpha value is -1.10. The molecule has 1 aliphatic heterocycles. The maximum atomic E-state index is 5.72. The minimum absolute atomic E-state index is 0.182. The molecule has 4 heteroatoms. The number of hydrazine groups is 1. The average molecular weight is 249 g/mol. The maximum absolute atomic E-state index is 5.72. The molecule has 100 valence electrons. The molecule has 2 unspecified atom stereocenters. The second-order valence-corrected chi connectivity index (χ2v) is 5.11. The first-order valence-corrected chi connectivity index (χ1v) is 6.53. The minimum atomic E-state index is 0.182. The van der Waals surface area contributed by atoms with Crippen LogP contribution in [0.3, 0.4) is 0 Å². The number of ether oxygens (including phenoxy) is 1. The van der Waals surface area contributed by atoms with Crippen molar-refractivity contribution in [1.29, 1.82) is 0 Å². The molecule has 1 heterocycles. The molecule has 18 heavy (non-hydrogen) atoms. The summed E-state index contributed by atoms with van der Waals surface area (Å²) in [4.78, 5) is 2.10. The van der Waals surface area contributed by atoms with Gasteiger partial charge in [0.1, 0.15) is 0 Å². The van der Waals surface area contributed by atoms with Gasteiger partial charge < -0.3 is 9.64 Å². The second kappa shape index (κ2) is 6.18. The molecule has 0 bridgehead atoms. The fourth-order valence-corrected chi connectivity index (χ4v) is 2.51. The summed E-state index contributed by atoms with van der Waals surface area (Å²) < 4.78 is 5.54. The van der Waals surface area contributed by atoms with Gasteiger partial charge in [-0.1, -0.05) is 12.1 Å². The van der Waals surface area contributed by atoms with E-state index in [2.05, 4.69) is 34.6 Å². The molecule has 2 rings (SSSR count). The van der Waals surface area contributed by atoms with Gasteiger partial charge in [-0.05, 0) is 30.5 Å². The highest BCUT2D eigenvalue weighted by Gasteiger charge is 2.24. The zero-order valence-corrected chi connectivity index (χ0v) is 11.2. The lowest BCUT2D eigenvalue weighted by Gasteiger charge is -2.30. The molecule has 3 N–H and O–H groups in total. The lowest BCUT2D eigenvalue weighted by molar-refractivity contribution is 0.0390. The van der Waals surface area contributed by atoms with E-state index in [1.54, 1.807) is 0 Å². The smallest absolute Gasteiger partial charge is 0.0513 e. The van der Waals surface area contributed by atoms with Crippen LogP contribution >= 0.6 is 0 Å². The van der Waals surface area contributed by atoms with Crippen molar-refractivity contribution in [3.63, 3.8) is 0 Å². The summed E-state index contributed by atoms with van der Waals surface area (Å²) in [5, 5.41) is 0. The van der Waals surface area contributed by atoms with Crippen molar-refractivity contribution >= 4 is 5.69 Å². The van der Waals surface area contributed by atoms with Crippen LogP contribution in [0.25, 0.3) is 0 Å². The summed E-state index contributed by atoms with van der Waals surface area (Å²) in [6.45, 7) is 1.68. The summed E-state index contributed by atoms with van der Waals surface area (Å²) in [5.74, 6) is 6.18. The topological polar surface area (TPSA) is 50.5 Å². The first kappa shape index (κ1) is 13.3. The Kier molecular flexibility index (Phi) is 4.58. The molecule has 0 aromatic heterocycles. The van der Waals surface area contributed by atoms with E-state index < -0.39 is 0 Å². The molecule has 1 aromatic carbocycles. The Morgan fingerprint density at radius 2 is 2.06 bits per heavy atom. The van der Waals surface area contributed by atoms with E-state index in [0.29, 0.717) is 5.92 Å². The van der Waals surface area contributed by atoms with Crippen molar-refractivity contribution in [2.45, 2.75) is 18.9 Å². The lowest BCUT2D eigenvalue weighted by atomic mass is 9.89. The Labute approximate surface area is 109 Å². The summed E-state index contributed by atoms with van der Waals surface area (Å²) in [6, 6.07) is 8.73. The van der Waals surface area contributed by atoms with E-state index in [1.165, 1.54) is 17.7 Å². The Morgan fingerprint density at radius 1 is 1.33 bits per heavy atom. The largest absolute Gasteiger partial charge is 0.381 e. The monoisotopic (exact) mass is 249 g/mol. The van der Waals surface area contributed by atoms with Crippen LogP contribution in [-0.4, -0.2) is 27.3 Å². The SMILES string of the molecule is CN(C)c1ccc(C(NN)C2CCCOC2)cc1. The van der Waals surface area contributed by atoms with Gasteiger partial charge in [-0.25, -0.2) is 0 Å². The van der Waals surface area contributed by atoms with E-state index in [1.807, 2.05) is 14.1 Å². The van der Waals surface area contributed by atoms with Crippen LogP contribution in [0.15, 0.2) is 24.3 Å². The summed E-state index contributed by atoms with van der Waals surface area (Å²) in [6.07, 6.45) is 2.29. The molecule has 0 aliphatic carbocycles. The Bertz CT molecular complexity index is 358. The number of hydrogen-bond donors (Lipinski definition) is 2. The molecule has 2 atom stereocenters. The van der Waals surface area contributed by atoms with Crippen molar-refractivity contribution in [2.24, 2.45) is 11.8 Å². The number of nitrogens with two attached hydrogens (primary N) is 1. The molecule has 1 aromatic rings. The number of rotatable bonds is 4. The van der Waals surface area contributed by atoms with Crippen LogP contribution in [-0.2, 0) is 4.74 Å². The molecule has 0 saturated carbocycles. The quantitative estimate of drug-likeness (QED) is 0.630. The average Bonchev–Trinajstić information content (AvgIpc) is 2.41. The van der Waals surface area contributed by atoms with Crippen molar-refractivity contribution in [2.75, 3.05) is 32.2 Å². The fraction of sp³-hybridized carbons (Fsp3) is 0.571. The van der Waals surface area contributed by atoms with E-state index in [0.717, 1.165) is 19.6 Å². The van der Waals surface area contributed by atoms with Crippen LogP contribution in [0.2, 0.25) is 0 Å². The van der Waals surface area contributed by atoms with Gasteiger partial charge in [0.15, 0.2) is 0 Å². The molecule has 1 fully saturated rings. The maximum Gasteiger partial charge on any atom is 0.0513 e. The van der Waals surface area contributed by atoms with Crippen molar-refractivity contribution in [3.8, 4) is 0 Å². The third-order valence-corrected chi connectivity index (χ3v) is 3.62. The van der Waals surface area contributed by atoms with Gasteiger partial charge in [0, 0.05) is 32.3 Å². The molecule has 4 nitrogen and oxygen atoms in total. The highest BCUT2D eigenvalue weighted by atomic mass is 16.5. The number of nitrogens with one attached hydrogen (secondary N) is 1. The molecule has 0 spiro atoms. The number of anilines is 1. The Morgan fingerprint density at radius 3 is 2.56 bits per heavy atom. The van der Waals surface area contributed by atoms with Gasteiger partial charge in [0.25, 0.3) is 0 Å². The van der Waals surface area contributed by atoms with Crippen molar-refractivity contribution in [3.05, 3.63) is 29.8 Å². The predicted molar refractivity (Wildman–Crippen MR) is 74.4 cm³/mol. The Balaban J connectivity index is 2.11. The molecular weight excluding hydrogens is 226 g/mol. The second-order valence-electron chi connectivity index (χ2n) is 5.11. The highest BCUT2D eigenvalue weighted by Crippen LogP contribution is 2.29. The normalized spacial score (nSPS) is 21.6. The molecule has 0 radical (unpaired) electrons. The highest BCUT2D eigenvalue weighted by molar-refractivity contribution is 5.46. The number of nitrogens with zero attached hydrogens (tertiary/aromatic N) is 1. The van der Waals surface area contributed by atoms with Gasteiger partial charge in [-0.2, -0.15) is 0 Å². The fourth-order valence-electron chi connectivity index (χ4n) is 2.51. The predicted octanol–water partition coefficient (Wildman–Crippen LogP) is 1.68. The van der Waals surface area contributed by atoms with E-state index >= 15 is 0 Å². The van der Waals surface area contributed by atoms with Crippen molar-refractivity contribution < 1.29 is 4.74 Å². The van der Waals surface area contributed by atoms with Gasteiger partial charge in [0.2, 0.25) is 0 Å². The van der Waals surface area contributed by atoms with Gasteiger partial charge in [-0.15, -0.1) is 0 Å². The van der Waals surface area contributed by atoms with Gasteiger partial charge >= 0.3 is 0 Å². The zero-order chi connectivity index (χ0) is 13.0. The standard InChI is InChI=1S/C14H23N3O/c1-17(2)13-7-5-11(6-8-13)14(16-15)12-4-3-9-18-10-12/h5-8,12,14,16H,3-4,9-10,15H2,1-2H3. The number of benzene rings is 1. The summed E-state index contributed by atoms with van der Waals surface area (Å²) >= 11 is 0. The molecule has 0 amide bonds. The molecule has 1 aliphatic rings. The van der Waals surface area contributed by atoms with Crippen LogP contribution in [0.4, 0.5) is 5.69 Å². The number of hydrogen-bond acceptors (Lipinski definition) is 4. The van der Waals surface area contributed by atoms with Crippen LogP contribution in [0.1, 0.15) is 24.4 Å². The van der Waals surface area contributed by atoms with Crippen LogP contribution < -0.4 is 16.2 Å². The van der Waals surface area contributed by atoms with E-state index in [4.69, 9.17) is 10.6 Å². The summed E-state index contributed by atoms with van der Waals surface area (Å²) in [5.41, 5.74) is 5.38. The third kappa shape index (κ3) is 3.02. The molecular formula is C14H23N3O.